The summed E-state index contributed by atoms with van der Waals surface area (Å²) in [5.74, 6) is 0.973. The van der Waals surface area contributed by atoms with E-state index in [1.807, 2.05) is 56.3 Å². The molecule has 6 nitrogen and oxygen atoms in total. The summed E-state index contributed by atoms with van der Waals surface area (Å²) in [5, 5.41) is 7.51. The Kier molecular flexibility index (Phi) is 5.78. The van der Waals surface area contributed by atoms with Crippen molar-refractivity contribution in [3.63, 3.8) is 0 Å². The number of imide groups is 1. The molecule has 3 amide bonds. The van der Waals surface area contributed by atoms with Gasteiger partial charge in [0, 0.05) is 7.05 Å². The first kappa shape index (κ1) is 17.3. The number of anilines is 1. The fourth-order valence-electron chi connectivity index (χ4n) is 2.18. The lowest BCUT2D eigenvalue weighted by Crippen LogP contribution is -2.40. The van der Waals surface area contributed by atoms with Gasteiger partial charge >= 0.3 is 6.03 Å². The minimum atomic E-state index is -0.540. The molecule has 0 fully saturated rings. The van der Waals surface area contributed by atoms with E-state index in [1.54, 1.807) is 0 Å². The van der Waals surface area contributed by atoms with Crippen LogP contribution in [0.15, 0.2) is 42.5 Å². The van der Waals surface area contributed by atoms with E-state index in [0.717, 1.165) is 16.9 Å². The molecule has 0 bridgehead atoms. The van der Waals surface area contributed by atoms with Gasteiger partial charge in [-0.1, -0.05) is 30.3 Å². The van der Waals surface area contributed by atoms with E-state index >= 15 is 0 Å². The number of carbonyl (C=O) groups excluding carboxylic acids is 2. The van der Waals surface area contributed by atoms with E-state index in [1.165, 1.54) is 7.05 Å². The summed E-state index contributed by atoms with van der Waals surface area (Å²) in [6, 6.07) is 12.7. The molecule has 0 atom stereocenters. The molecular weight excluding hydrogens is 306 g/mol. The van der Waals surface area contributed by atoms with Crippen LogP contribution in [0.2, 0.25) is 0 Å². The lowest BCUT2D eigenvalue weighted by Gasteiger charge is -2.15. The van der Waals surface area contributed by atoms with E-state index in [9.17, 15) is 9.59 Å². The van der Waals surface area contributed by atoms with Gasteiger partial charge in [-0.25, -0.2) is 4.79 Å². The maximum atomic E-state index is 11.7. The van der Waals surface area contributed by atoms with Crippen molar-refractivity contribution >= 4 is 17.6 Å². The summed E-state index contributed by atoms with van der Waals surface area (Å²) >= 11 is 0. The number of amides is 3. The maximum Gasteiger partial charge on any atom is 0.321 e. The Hall–Kier alpha value is -3.02. The molecule has 3 N–H and O–H groups in total. The van der Waals surface area contributed by atoms with Crippen LogP contribution in [-0.2, 0) is 4.79 Å². The van der Waals surface area contributed by atoms with Gasteiger partial charge in [-0.2, -0.15) is 0 Å². The number of ether oxygens (including phenoxy) is 1. The molecule has 2 aromatic carbocycles. The topological polar surface area (TPSA) is 79.5 Å². The van der Waals surface area contributed by atoms with Crippen LogP contribution in [0.5, 0.6) is 11.5 Å². The van der Waals surface area contributed by atoms with E-state index < -0.39 is 11.9 Å². The number of benzene rings is 2. The zero-order valence-electron chi connectivity index (χ0n) is 14.0. The summed E-state index contributed by atoms with van der Waals surface area (Å²) in [5.41, 5.74) is 2.73. The van der Waals surface area contributed by atoms with Crippen molar-refractivity contribution in [3.05, 3.63) is 53.6 Å². The van der Waals surface area contributed by atoms with Gasteiger partial charge < -0.3 is 15.4 Å². The quantitative estimate of drug-likeness (QED) is 0.789. The largest absolute Gasteiger partial charge is 0.455 e. The second-order valence-electron chi connectivity index (χ2n) is 5.30. The Morgan fingerprint density at radius 1 is 1.00 bits per heavy atom. The Morgan fingerprint density at radius 2 is 1.67 bits per heavy atom. The Bertz CT molecular complexity index is 724. The van der Waals surface area contributed by atoms with Gasteiger partial charge in [0.05, 0.1) is 12.2 Å². The van der Waals surface area contributed by atoms with Crippen LogP contribution in [0.3, 0.4) is 0 Å². The number of rotatable bonds is 5. The minimum absolute atomic E-state index is 0.0411. The normalized spacial score (nSPS) is 9.96. The molecule has 0 saturated heterocycles. The van der Waals surface area contributed by atoms with Crippen LogP contribution in [0, 0.1) is 13.8 Å². The summed E-state index contributed by atoms with van der Waals surface area (Å²) in [7, 11) is 1.45. The van der Waals surface area contributed by atoms with Crippen LogP contribution < -0.4 is 20.7 Å². The highest BCUT2D eigenvalue weighted by Crippen LogP contribution is 2.33. The summed E-state index contributed by atoms with van der Waals surface area (Å²) in [6.07, 6.45) is 0. The third-order valence-corrected chi connectivity index (χ3v) is 3.43. The fourth-order valence-corrected chi connectivity index (χ4v) is 2.18. The van der Waals surface area contributed by atoms with Crippen molar-refractivity contribution in [1.82, 2.24) is 10.6 Å². The summed E-state index contributed by atoms with van der Waals surface area (Å²) < 4.78 is 6.03. The number of urea groups is 1. The first-order valence-corrected chi connectivity index (χ1v) is 7.59. The molecule has 24 heavy (non-hydrogen) atoms. The van der Waals surface area contributed by atoms with Crippen LogP contribution in [0.25, 0.3) is 0 Å². The lowest BCUT2D eigenvalue weighted by molar-refractivity contribution is -0.118. The molecule has 0 aromatic heterocycles. The molecule has 2 aromatic rings. The van der Waals surface area contributed by atoms with Crippen molar-refractivity contribution in [2.45, 2.75) is 13.8 Å². The number of nitrogens with one attached hydrogen (secondary N) is 3. The highest BCUT2D eigenvalue weighted by molar-refractivity contribution is 5.96. The highest BCUT2D eigenvalue weighted by atomic mass is 16.5. The van der Waals surface area contributed by atoms with E-state index in [-0.39, 0.29) is 6.54 Å². The van der Waals surface area contributed by atoms with Gasteiger partial charge in [0.1, 0.15) is 5.75 Å². The van der Waals surface area contributed by atoms with Gasteiger partial charge in [-0.05, 0) is 37.1 Å². The van der Waals surface area contributed by atoms with Gasteiger partial charge in [-0.15, -0.1) is 0 Å². The number of carbonyl (C=O) groups is 2. The number of hydrogen-bond donors (Lipinski definition) is 3. The van der Waals surface area contributed by atoms with Crippen LogP contribution in [-0.4, -0.2) is 25.5 Å². The van der Waals surface area contributed by atoms with Crippen LogP contribution in [0.1, 0.15) is 11.1 Å². The average Bonchev–Trinajstić information content (AvgIpc) is 2.57. The summed E-state index contributed by atoms with van der Waals surface area (Å²) in [6.45, 7) is 3.92. The van der Waals surface area contributed by atoms with Crippen molar-refractivity contribution in [2.24, 2.45) is 0 Å². The van der Waals surface area contributed by atoms with Gasteiger partial charge in [0.2, 0.25) is 5.91 Å². The smallest absolute Gasteiger partial charge is 0.321 e. The lowest BCUT2D eigenvalue weighted by atomic mass is 10.1. The van der Waals surface area contributed by atoms with Crippen LogP contribution in [0.4, 0.5) is 10.5 Å². The maximum absolute atomic E-state index is 11.7. The van der Waals surface area contributed by atoms with E-state index in [4.69, 9.17) is 4.74 Å². The predicted molar refractivity (Wildman–Crippen MR) is 93.5 cm³/mol. The molecule has 0 radical (unpaired) electrons. The zero-order valence-corrected chi connectivity index (χ0v) is 14.0. The molecule has 0 saturated carbocycles. The van der Waals surface area contributed by atoms with Crippen molar-refractivity contribution in [3.8, 4) is 11.5 Å². The zero-order chi connectivity index (χ0) is 17.5. The number of aryl methyl sites for hydroxylation is 2. The predicted octanol–water partition coefficient (Wildman–Crippen LogP) is 2.96. The molecule has 6 heteroatoms. The van der Waals surface area contributed by atoms with Gasteiger partial charge in [0.25, 0.3) is 0 Å². The number of para-hydroxylation sites is 3. The van der Waals surface area contributed by atoms with Crippen molar-refractivity contribution in [2.75, 3.05) is 18.9 Å². The molecule has 126 valence electrons. The average molecular weight is 327 g/mol. The first-order chi connectivity index (χ1) is 11.5. The van der Waals surface area contributed by atoms with Gasteiger partial charge in [0.15, 0.2) is 5.75 Å². The Morgan fingerprint density at radius 3 is 2.33 bits per heavy atom. The Balaban J connectivity index is 2.10. The van der Waals surface area contributed by atoms with Crippen LogP contribution >= 0.6 is 0 Å². The van der Waals surface area contributed by atoms with E-state index in [2.05, 4.69) is 16.0 Å². The van der Waals surface area contributed by atoms with Crippen molar-refractivity contribution < 1.29 is 14.3 Å². The molecular formula is C18H21N3O3. The first-order valence-electron chi connectivity index (χ1n) is 7.59. The third-order valence-electron chi connectivity index (χ3n) is 3.43. The standard InChI is InChI=1S/C18H21N3O3/c1-12-7-6-8-13(2)17(12)24-15-10-5-4-9-14(15)20-11-16(22)21-18(23)19-3/h4-10,20H,11H2,1-3H3,(H2,19,21,22,23). The SMILES string of the molecule is CNC(=O)NC(=O)CNc1ccccc1Oc1c(C)cccc1C. The third kappa shape index (κ3) is 4.49. The summed E-state index contributed by atoms with van der Waals surface area (Å²) in [4.78, 5) is 22.8. The van der Waals surface area contributed by atoms with Gasteiger partial charge in [-0.3, -0.25) is 10.1 Å². The fraction of sp³-hybridized carbons (Fsp3) is 0.222. The highest BCUT2D eigenvalue weighted by Gasteiger charge is 2.10. The molecule has 0 unspecified atom stereocenters. The molecule has 2 rings (SSSR count). The Labute approximate surface area is 141 Å². The van der Waals surface area contributed by atoms with E-state index in [0.29, 0.717) is 11.4 Å². The van der Waals surface area contributed by atoms with Crippen molar-refractivity contribution in [1.29, 1.82) is 0 Å². The minimum Gasteiger partial charge on any atom is -0.455 e. The monoisotopic (exact) mass is 327 g/mol. The molecule has 0 aliphatic rings. The molecule has 0 aliphatic carbocycles. The second-order valence-corrected chi connectivity index (χ2v) is 5.30. The second kappa shape index (κ2) is 8.01. The number of hydrogen-bond acceptors (Lipinski definition) is 4. The molecule has 0 aliphatic heterocycles. The molecule has 0 heterocycles. The molecule has 0 spiro atoms.